The molecule has 0 heterocycles. The van der Waals surface area contributed by atoms with Gasteiger partial charge >= 0.3 is 0 Å². The molecule has 1 atom stereocenters. The summed E-state index contributed by atoms with van der Waals surface area (Å²) in [5.74, 6) is 3.26. The third-order valence-corrected chi connectivity index (χ3v) is 1.46. The van der Waals surface area contributed by atoms with Crippen LogP contribution in [0.4, 0.5) is 0 Å². The number of terminal acetylenes is 1. The van der Waals surface area contributed by atoms with E-state index in [-0.39, 0.29) is 6.04 Å². The van der Waals surface area contributed by atoms with Crippen molar-refractivity contribution in [1.29, 1.82) is 0 Å². The second kappa shape index (κ2) is 5.32. The van der Waals surface area contributed by atoms with Gasteiger partial charge in [-0.15, -0.1) is 6.42 Å². The van der Waals surface area contributed by atoms with Crippen molar-refractivity contribution in [2.75, 3.05) is 6.54 Å². The second-order valence-corrected chi connectivity index (χ2v) is 2.84. The average Bonchev–Trinajstić information content (AvgIpc) is 1.89. The Labute approximate surface area is 64.2 Å². The molecule has 0 rings (SSSR count). The summed E-state index contributed by atoms with van der Waals surface area (Å²) in [6.45, 7) is 7.42. The van der Waals surface area contributed by atoms with Crippen molar-refractivity contribution in [3.05, 3.63) is 0 Å². The Kier molecular flexibility index (Phi) is 5.06. The molecule has 0 bridgehead atoms. The highest BCUT2D eigenvalue weighted by molar-refractivity contribution is 5.00. The molecular weight excluding hydrogens is 122 g/mol. The van der Waals surface area contributed by atoms with Crippen molar-refractivity contribution in [2.24, 2.45) is 5.92 Å². The van der Waals surface area contributed by atoms with Crippen LogP contribution in [0.2, 0.25) is 0 Å². The lowest BCUT2D eigenvalue weighted by Gasteiger charge is -2.15. The van der Waals surface area contributed by atoms with Crippen LogP contribution in [0.25, 0.3) is 0 Å². The van der Waals surface area contributed by atoms with Gasteiger partial charge in [0.2, 0.25) is 0 Å². The highest BCUT2D eigenvalue weighted by atomic mass is 14.9. The van der Waals surface area contributed by atoms with Crippen LogP contribution in [-0.2, 0) is 0 Å². The van der Waals surface area contributed by atoms with Crippen LogP contribution in [0.1, 0.15) is 27.2 Å². The molecule has 1 heteroatoms. The van der Waals surface area contributed by atoms with Crippen LogP contribution in [0, 0.1) is 18.3 Å². The maximum Gasteiger partial charge on any atom is 0.0710 e. The molecule has 0 aliphatic rings. The number of nitrogens with one attached hydrogen (secondary N) is 1. The summed E-state index contributed by atoms with van der Waals surface area (Å²) >= 11 is 0. The van der Waals surface area contributed by atoms with Crippen molar-refractivity contribution in [3.63, 3.8) is 0 Å². The third kappa shape index (κ3) is 3.53. The Hall–Kier alpha value is -0.480. The van der Waals surface area contributed by atoms with Gasteiger partial charge in [-0.3, -0.25) is 0 Å². The van der Waals surface area contributed by atoms with Crippen molar-refractivity contribution in [1.82, 2.24) is 5.32 Å². The Morgan fingerprint density at radius 3 is 2.40 bits per heavy atom. The molecule has 0 saturated carbocycles. The van der Waals surface area contributed by atoms with E-state index in [0.29, 0.717) is 5.92 Å². The summed E-state index contributed by atoms with van der Waals surface area (Å²) in [6.07, 6.45) is 6.45. The molecule has 58 valence electrons. The Bertz CT molecular complexity index is 110. The SMILES string of the molecule is C#C[C@@H](NCCC)C(C)C. The maximum atomic E-state index is 5.30. The largest absolute Gasteiger partial charge is 0.303 e. The second-order valence-electron chi connectivity index (χ2n) is 2.84. The first kappa shape index (κ1) is 9.52. The van der Waals surface area contributed by atoms with Gasteiger partial charge in [-0.1, -0.05) is 26.7 Å². The van der Waals surface area contributed by atoms with E-state index in [1.807, 2.05) is 0 Å². The fourth-order valence-corrected chi connectivity index (χ4v) is 0.787. The quantitative estimate of drug-likeness (QED) is 0.584. The van der Waals surface area contributed by atoms with Gasteiger partial charge in [-0.2, -0.15) is 0 Å². The monoisotopic (exact) mass is 139 g/mol. The fourth-order valence-electron chi connectivity index (χ4n) is 0.787. The standard InChI is InChI=1S/C9H17N/c1-5-7-10-9(6-2)8(3)4/h2,8-10H,5,7H2,1,3-4H3/t9-/m1/s1. The first-order valence-electron chi connectivity index (χ1n) is 3.91. The molecule has 0 aromatic heterocycles. The van der Waals surface area contributed by atoms with Crippen LogP contribution in [0.15, 0.2) is 0 Å². The molecule has 10 heavy (non-hydrogen) atoms. The van der Waals surface area contributed by atoms with Crippen LogP contribution >= 0.6 is 0 Å². The molecule has 0 unspecified atom stereocenters. The minimum atomic E-state index is 0.250. The van der Waals surface area contributed by atoms with E-state index in [4.69, 9.17) is 6.42 Å². The highest BCUT2D eigenvalue weighted by Gasteiger charge is 2.06. The molecule has 0 aromatic rings. The van der Waals surface area contributed by atoms with E-state index < -0.39 is 0 Å². The van der Waals surface area contributed by atoms with Gasteiger partial charge in [0, 0.05) is 0 Å². The number of hydrogen-bond donors (Lipinski definition) is 1. The molecule has 1 nitrogen and oxygen atoms in total. The van der Waals surface area contributed by atoms with E-state index in [1.54, 1.807) is 0 Å². The fraction of sp³-hybridized carbons (Fsp3) is 0.778. The number of hydrogen-bond acceptors (Lipinski definition) is 1. The van der Waals surface area contributed by atoms with E-state index in [1.165, 1.54) is 0 Å². The summed E-state index contributed by atoms with van der Waals surface area (Å²) in [6, 6.07) is 0.250. The predicted octanol–water partition coefficient (Wildman–Crippen LogP) is 1.64. The van der Waals surface area contributed by atoms with Crippen molar-refractivity contribution in [2.45, 2.75) is 33.2 Å². The molecular formula is C9H17N. The van der Waals surface area contributed by atoms with E-state index in [9.17, 15) is 0 Å². The first-order valence-corrected chi connectivity index (χ1v) is 3.91. The zero-order valence-corrected chi connectivity index (χ0v) is 7.15. The lowest BCUT2D eigenvalue weighted by atomic mass is 10.1. The highest BCUT2D eigenvalue weighted by Crippen LogP contribution is 1.98. The predicted molar refractivity (Wildman–Crippen MR) is 45.8 cm³/mol. The van der Waals surface area contributed by atoms with Gasteiger partial charge in [0.15, 0.2) is 0 Å². The Balaban J connectivity index is 3.53. The van der Waals surface area contributed by atoms with Gasteiger partial charge in [-0.25, -0.2) is 0 Å². The van der Waals surface area contributed by atoms with Crippen molar-refractivity contribution >= 4 is 0 Å². The van der Waals surface area contributed by atoms with Gasteiger partial charge in [0.25, 0.3) is 0 Å². The van der Waals surface area contributed by atoms with Gasteiger partial charge in [-0.05, 0) is 18.9 Å². The van der Waals surface area contributed by atoms with Crippen LogP contribution in [0.5, 0.6) is 0 Å². The first-order chi connectivity index (χ1) is 4.72. The summed E-state index contributed by atoms with van der Waals surface area (Å²) in [5, 5.41) is 3.28. The Morgan fingerprint density at radius 1 is 1.50 bits per heavy atom. The molecule has 0 spiro atoms. The minimum Gasteiger partial charge on any atom is -0.303 e. The van der Waals surface area contributed by atoms with Gasteiger partial charge in [0.1, 0.15) is 0 Å². The van der Waals surface area contributed by atoms with Gasteiger partial charge < -0.3 is 5.32 Å². The molecule has 0 radical (unpaired) electrons. The third-order valence-electron chi connectivity index (χ3n) is 1.46. The smallest absolute Gasteiger partial charge is 0.0710 e. The molecule has 0 fully saturated rings. The molecule has 0 aliphatic heterocycles. The average molecular weight is 139 g/mol. The van der Waals surface area contributed by atoms with E-state index in [2.05, 4.69) is 32.0 Å². The van der Waals surface area contributed by atoms with Crippen LogP contribution in [-0.4, -0.2) is 12.6 Å². The van der Waals surface area contributed by atoms with Gasteiger partial charge in [0.05, 0.1) is 6.04 Å². The van der Waals surface area contributed by atoms with Crippen molar-refractivity contribution < 1.29 is 0 Å². The maximum absolute atomic E-state index is 5.30. The summed E-state index contributed by atoms with van der Waals surface area (Å²) in [7, 11) is 0. The lowest BCUT2D eigenvalue weighted by molar-refractivity contribution is 0.477. The molecule has 0 aliphatic carbocycles. The van der Waals surface area contributed by atoms with Crippen molar-refractivity contribution in [3.8, 4) is 12.3 Å². The summed E-state index contributed by atoms with van der Waals surface area (Å²) in [4.78, 5) is 0. The zero-order valence-electron chi connectivity index (χ0n) is 7.15. The van der Waals surface area contributed by atoms with E-state index >= 15 is 0 Å². The van der Waals surface area contributed by atoms with Crippen LogP contribution < -0.4 is 5.32 Å². The summed E-state index contributed by atoms with van der Waals surface area (Å²) < 4.78 is 0. The lowest BCUT2D eigenvalue weighted by Crippen LogP contribution is -2.32. The zero-order chi connectivity index (χ0) is 7.98. The Morgan fingerprint density at radius 2 is 2.10 bits per heavy atom. The molecule has 1 N–H and O–H groups in total. The summed E-state index contributed by atoms with van der Waals surface area (Å²) in [5.41, 5.74) is 0. The number of rotatable bonds is 4. The normalized spacial score (nSPS) is 13.1. The topological polar surface area (TPSA) is 12.0 Å². The van der Waals surface area contributed by atoms with E-state index in [0.717, 1.165) is 13.0 Å². The molecule has 0 aromatic carbocycles. The molecule has 0 amide bonds. The molecule has 0 saturated heterocycles. The van der Waals surface area contributed by atoms with Crippen LogP contribution in [0.3, 0.4) is 0 Å². The minimum absolute atomic E-state index is 0.250.